The minimum Gasteiger partial charge on any atom is -0.311 e. The van der Waals surface area contributed by atoms with Gasteiger partial charge in [-0.1, -0.05) is 30.3 Å². The Morgan fingerprint density at radius 3 is 2.35 bits per heavy atom. The predicted molar refractivity (Wildman–Crippen MR) is 102 cm³/mol. The van der Waals surface area contributed by atoms with Gasteiger partial charge in [0.15, 0.2) is 0 Å². The first-order chi connectivity index (χ1) is 12.7. The third-order valence-electron chi connectivity index (χ3n) is 4.75. The molecule has 2 aliphatic heterocycles. The van der Waals surface area contributed by atoms with E-state index in [9.17, 15) is 14.4 Å². The molecule has 0 radical (unpaired) electrons. The number of hydrogen-bond acceptors (Lipinski definition) is 4. The van der Waals surface area contributed by atoms with Crippen molar-refractivity contribution >= 4 is 35.2 Å². The van der Waals surface area contributed by atoms with Crippen LogP contribution in [0.15, 0.2) is 48.5 Å². The number of para-hydroxylation sites is 1. The largest absolute Gasteiger partial charge is 0.311 e. The molecule has 2 aromatic carbocycles. The van der Waals surface area contributed by atoms with Crippen molar-refractivity contribution in [2.24, 2.45) is 0 Å². The molecular formula is C20H18N2O3S. The molecule has 0 fully saturated rings. The van der Waals surface area contributed by atoms with Crippen molar-refractivity contribution in [3.8, 4) is 0 Å². The Kier molecular flexibility index (Phi) is 4.51. The number of nitrogens with zero attached hydrogens (tertiary/aromatic N) is 2. The molecule has 0 atom stereocenters. The summed E-state index contributed by atoms with van der Waals surface area (Å²) in [6, 6.07) is 14.8. The summed E-state index contributed by atoms with van der Waals surface area (Å²) in [5.41, 5.74) is 3.13. The fourth-order valence-corrected chi connectivity index (χ4v) is 4.22. The van der Waals surface area contributed by atoms with E-state index < -0.39 is 0 Å². The van der Waals surface area contributed by atoms with E-state index in [0.29, 0.717) is 29.2 Å². The Morgan fingerprint density at radius 1 is 0.962 bits per heavy atom. The lowest BCUT2D eigenvalue weighted by atomic mass is 10.1. The van der Waals surface area contributed by atoms with Crippen molar-refractivity contribution < 1.29 is 14.4 Å². The molecule has 0 saturated carbocycles. The fourth-order valence-electron chi connectivity index (χ4n) is 3.43. The summed E-state index contributed by atoms with van der Waals surface area (Å²) in [6.45, 7) is 1.04. The number of fused-ring (bicyclic) bond motifs is 2. The van der Waals surface area contributed by atoms with Crippen molar-refractivity contribution in [2.75, 3.05) is 29.5 Å². The molecule has 26 heavy (non-hydrogen) atoms. The molecule has 0 saturated heterocycles. The van der Waals surface area contributed by atoms with E-state index in [4.69, 9.17) is 0 Å². The van der Waals surface area contributed by atoms with Gasteiger partial charge in [-0.3, -0.25) is 19.3 Å². The van der Waals surface area contributed by atoms with Gasteiger partial charge in [0.1, 0.15) is 0 Å². The molecule has 0 aliphatic carbocycles. The second-order valence-corrected chi connectivity index (χ2v) is 7.39. The van der Waals surface area contributed by atoms with Crippen LogP contribution in [-0.4, -0.2) is 47.2 Å². The lowest BCUT2D eigenvalue weighted by Gasteiger charge is -2.17. The monoisotopic (exact) mass is 366 g/mol. The van der Waals surface area contributed by atoms with E-state index in [-0.39, 0.29) is 17.7 Å². The van der Waals surface area contributed by atoms with Crippen LogP contribution in [-0.2, 0) is 11.2 Å². The Hall–Kier alpha value is -2.60. The van der Waals surface area contributed by atoms with Gasteiger partial charge in [-0.2, -0.15) is 11.8 Å². The van der Waals surface area contributed by atoms with Gasteiger partial charge in [-0.25, -0.2) is 0 Å². The standard InChI is InChI=1S/C20H18N2O3S/c23-18(21-10-9-14-5-1-4-8-17(14)21)13-26-12-11-22-19(24)15-6-2-3-7-16(15)20(22)25/h1-8H,9-13H2. The SMILES string of the molecule is O=C1c2ccccc2C(=O)N1CCSCC(=O)N1CCc2ccccc21. The Balaban J connectivity index is 1.30. The zero-order valence-electron chi connectivity index (χ0n) is 14.2. The molecule has 2 aromatic rings. The van der Waals surface area contributed by atoms with Gasteiger partial charge in [0.25, 0.3) is 11.8 Å². The van der Waals surface area contributed by atoms with E-state index in [1.54, 1.807) is 24.3 Å². The molecule has 2 aliphatic rings. The van der Waals surface area contributed by atoms with Gasteiger partial charge in [-0.15, -0.1) is 0 Å². The molecule has 2 heterocycles. The minimum atomic E-state index is -0.244. The first-order valence-corrected chi connectivity index (χ1v) is 9.73. The van der Waals surface area contributed by atoms with Crippen LogP contribution in [0.1, 0.15) is 26.3 Å². The zero-order valence-corrected chi connectivity index (χ0v) is 15.0. The number of anilines is 1. The average molecular weight is 366 g/mol. The van der Waals surface area contributed by atoms with Gasteiger partial charge in [-0.05, 0) is 30.2 Å². The number of benzene rings is 2. The molecule has 3 amide bonds. The van der Waals surface area contributed by atoms with Crippen LogP contribution >= 0.6 is 11.8 Å². The second-order valence-electron chi connectivity index (χ2n) is 6.28. The Morgan fingerprint density at radius 2 is 1.62 bits per heavy atom. The number of rotatable bonds is 5. The molecule has 5 nitrogen and oxygen atoms in total. The van der Waals surface area contributed by atoms with Gasteiger partial charge in [0.2, 0.25) is 5.91 Å². The third kappa shape index (κ3) is 2.90. The van der Waals surface area contributed by atoms with E-state index in [0.717, 1.165) is 18.7 Å². The van der Waals surface area contributed by atoms with E-state index in [2.05, 4.69) is 6.07 Å². The lowest BCUT2D eigenvalue weighted by molar-refractivity contribution is -0.116. The molecule has 132 valence electrons. The molecule has 0 unspecified atom stereocenters. The number of imide groups is 1. The zero-order chi connectivity index (χ0) is 18.1. The first kappa shape index (κ1) is 16.8. The lowest BCUT2D eigenvalue weighted by Crippen LogP contribution is -2.33. The van der Waals surface area contributed by atoms with E-state index in [1.165, 1.54) is 22.2 Å². The maximum absolute atomic E-state index is 12.5. The molecule has 6 heteroatoms. The average Bonchev–Trinajstić information content (AvgIpc) is 3.20. The highest BCUT2D eigenvalue weighted by Gasteiger charge is 2.34. The van der Waals surface area contributed by atoms with Crippen LogP contribution in [0.3, 0.4) is 0 Å². The second kappa shape index (κ2) is 6.96. The van der Waals surface area contributed by atoms with Gasteiger partial charge in [0, 0.05) is 24.5 Å². The molecule has 4 rings (SSSR count). The van der Waals surface area contributed by atoms with E-state index >= 15 is 0 Å². The maximum atomic E-state index is 12.5. The summed E-state index contributed by atoms with van der Waals surface area (Å²) in [5.74, 6) is 0.476. The van der Waals surface area contributed by atoms with E-state index in [1.807, 2.05) is 23.1 Å². The number of carbonyl (C=O) groups excluding carboxylic acids is 3. The van der Waals surface area contributed by atoms with Crippen LogP contribution in [0.5, 0.6) is 0 Å². The van der Waals surface area contributed by atoms with Crippen LogP contribution in [0.2, 0.25) is 0 Å². The summed E-state index contributed by atoms with van der Waals surface area (Å²) in [4.78, 5) is 40.2. The highest BCUT2D eigenvalue weighted by atomic mass is 32.2. The Labute approximate surface area is 156 Å². The summed E-state index contributed by atoms with van der Waals surface area (Å²) in [7, 11) is 0. The van der Waals surface area contributed by atoms with Crippen molar-refractivity contribution in [1.29, 1.82) is 0 Å². The normalized spacial score (nSPS) is 15.4. The molecule has 0 aromatic heterocycles. The number of carbonyl (C=O) groups is 3. The highest BCUT2D eigenvalue weighted by Crippen LogP contribution is 2.28. The highest BCUT2D eigenvalue weighted by molar-refractivity contribution is 7.99. The van der Waals surface area contributed by atoms with Crippen molar-refractivity contribution in [3.63, 3.8) is 0 Å². The molecule has 0 N–H and O–H groups in total. The number of amides is 3. The first-order valence-electron chi connectivity index (χ1n) is 8.58. The van der Waals surface area contributed by atoms with Crippen LogP contribution in [0, 0.1) is 0 Å². The summed E-state index contributed by atoms with van der Waals surface area (Å²) >= 11 is 1.46. The fraction of sp³-hybridized carbons (Fsp3) is 0.250. The predicted octanol–water partition coefficient (Wildman–Crippen LogP) is 2.61. The van der Waals surface area contributed by atoms with Crippen LogP contribution < -0.4 is 4.90 Å². The smallest absolute Gasteiger partial charge is 0.261 e. The van der Waals surface area contributed by atoms with Crippen LogP contribution in [0.4, 0.5) is 5.69 Å². The quantitative estimate of drug-likeness (QED) is 0.603. The maximum Gasteiger partial charge on any atom is 0.261 e. The van der Waals surface area contributed by atoms with Crippen molar-refractivity contribution in [3.05, 3.63) is 65.2 Å². The topological polar surface area (TPSA) is 57.7 Å². The van der Waals surface area contributed by atoms with Gasteiger partial charge >= 0.3 is 0 Å². The van der Waals surface area contributed by atoms with Gasteiger partial charge < -0.3 is 4.90 Å². The molecule has 0 bridgehead atoms. The minimum absolute atomic E-state index is 0.0716. The van der Waals surface area contributed by atoms with Crippen molar-refractivity contribution in [2.45, 2.75) is 6.42 Å². The number of thioether (sulfide) groups is 1. The summed E-state index contributed by atoms with van der Waals surface area (Å²) in [6.07, 6.45) is 0.890. The van der Waals surface area contributed by atoms with Crippen LogP contribution in [0.25, 0.3) is 0 Å². The van der Waals surface area contributed by atoms with Gasteiger partial charge in [0.05, 0.1) is 16.9 Å². The summed E-state index contributed by atoms with van der Waals surface area (Å²) < 4.78 is 0. The molecular weight excluding hydrogens is 348 g/mol. The third-order valence-corrected chi connectivity index (χ3v) is 5.67. The summed E-state index contributed by atoms with van der Waals surface area (Å²) in [5, 5.41) is 0. The number of hydrogen-bond donors (Lipinski definition) is 0. The Bertz CT molecular complexity index is 861. The molecule has 0 spiro atoms. The van der Waals surface area contributed by atoms with Crippen molar-refractivity contribution in [1.82, 2.24) is 4.90 Å².